The van der Waals surface area contributed by atoms with Gasteiger partial charge in [-0.1, -0.05) is 48.5 Å². The van der Waals surface area contributed by atoms with Crippen molar-refractivity contribution in [2.45, 2.75) is 19.8 Å². The van der Waals surface area contributed by atoms with Crippen LogP contribution in [0, 0.1) is 0 Å². The molecule has 0 N–H and O–H groups in total. The van der Waals surface area contributed by atoms with Crippen LogP contribution < -0.4 is 0 Å². The number of hydrogen-bond acceptors (Lipinski definition) is 2. The number of ether oxygens (including phenoxy) is 1. The number of rotatable bonds is 6. The molecule has 0 amide bonds. The molecule has 3 nitrogen and oxygen atoms in total. The SMILES string of the molecule is C=CCn1c(COCc2ccccc2)nc2ccccc21. The van der Waals surface area contributed by atoms with Gasteiger partial charge in [0.25, 0.3) is 0 Å². The van der Waals surface area contributed by atoms with E-state index in [4.69, 9.17) is 4.74 Å². The summed E-state index contributed by atoms with van der Waals surface area (Å²) >= 11 is 0. The first-order valence-electron chi connectivity index (χ1n) is 7.05. The molecule has 0 atom stereocenters. The van der Waals surface area contributed by atoms with Crippen LogP contribution in [-0.2, 0) is 24.5 Å². The van der Waals surface area contributed by atoms with Gasteiger partial charge in [0.05, 0.1) is 17.6 Å². The fourth-order valence-corrected chi connectivity index (χ4v) is 2.40. The van der Waals surface area contributed by atoms with Crippen LogP contribution in [0.2, 0.25) is 0 Å². The maximum Gasteiger partial charge on any atom is 0.136 e. The summed E-state index contributed by atoms with van der Waals surface area (Å²) in [6.07, 6.45) is 1.88. The van der Waals surface area contributed by atoms with E-state index in [2.05, 4.69) is 34.3 Å². The predicted octanol–water partition coefficient (Wildman–Crippen LogP) is 3.94. The van der Waals surface area contributed by atoms with Gasteiger partial charge < -0.3 is 9.30 Å². The molecule has 0 unspecified atom stereocenters. The molecular formula is C18H18N2O. The van der Waals surface area contributed by atoms with Gasteiger partial charge in [0.1, 0.15) is 12.4 Å². The van der Waals surface area contributed by atoms with Crippen molar-refractivity contribution in [3.8, 4) is 0 Å². The Morgan fingerprint density at radius 1 is 1.00 bits per heavy atom. The van der Waals surface area contributed by atoms with E-state index in [1.54, 1.807) is 0 Å². The van der Waals surface area contributed by atoms with Crippen molar-refractivity contribution >= 4 is 11.0 Å². The molecule has 1 aromatic heterocycles. The van der Waals surface area contributed by atoms with E-state index in [0.29, 0.717) is 13.2 Å². The van der Waals surface area contributed by atoms with Gasteiger partial charge in [-0.25, -0.2) is 4.98 Å². The summed E-state index contributed by atoms with van der Waals surface area (Å²) in [5.41, 5.74) is 3.29. The van der Waals surface area contributed by atoms with Crippen LogP contribution >= 0.6 is 0 Å². The Bertz CT molecular complexity index is 731. The third-order valence-corrected chi connectivity index (χ3v) is 3.39. The second-order valence-electron chi connectivity index (χ2n) is 4.89. The second-order valence-corrected chi connectivity index (χ2v) is 4.89. The lowest BCUT2D eigenvalue weighted by Gasteiger charge is -2.07. The Labute approximate surface area is 124 Å². The van der Waals surface area contributed by atoms with Crippen molar-refractivity contribution in [3.05, 3.63) is 78.6 Å². The molecule has 3 heteroatoms. The summed E-state index contributed by atoms with van der Waals surface area (Å²) in [7, 11) is 0. The van der Waals surface area contributed by atoms with Crippen molar-refractivity contribution < 1.29 is 4.74 Å². The van der Waals surface area contributed by atoms with Gasteiger partial charge in [0.2, 0.25) is 0 Å². The predicted molar refractivity (Wildman–Crippen MR) is 84.9 cm³/mol. The van der Waals surface area contributed by atoms with Gasteiger partial charge in [-0.3, -0.25) is 0 Å². The third-order valence-electron chi connectivity index (χ3n) is 3.39. The van der Waals surface area contributed by atoms with E-state index in [-0.39, 0.29) is 0 Å². The Kier molecular flexibility index (Phi) is 4.12. The topological polar surface area (TPSA) is 27.1 Å². The normalized spacial score (nSPS) is 10.9. The number of fused-ring (bicyclic) bond motifs is 1. The highest BCUT2D eigenvalue weighted by atomic mass is 16.5. The van der Waals surface area contributed by atoms with Gasteiger partial charge in [0, 0.05) is 6.54 Å². The van der Waals surface area contributed by atoms with E-state index in [0.717, 1.165) is 23.4 Å². The molecule has 3 rings (SSSR count). The molecule has 3 aromatic rings. The van der Waals surface area contributed by atoms with Crippen LogP contribution in [0.3, 0.4) is 0 Å². The fraction of sp³-hybridized carbons (Fsp3) is 0.167. The molecule has 0 spiro atoms. The minimum Gasteiger partial charge on any atom is -0.369 e. The number of imidazole rings is 1. The largest absolute Gasteiger partial charge is 0.369 e. The lowest BCUT2D eigenvalue weighted by atomic mass is 10.2. The van der Waals surface area contributed by atoms with Gasteiger partial charge >= 0.3 is 0 Å². The maximum absolute atomic E-state index is 5.80. The average molecular weight is 278 g/mol. The molecule has 0 bridgehead atoms. The Hall–Kier alpha value is -2.39. The average Bonchev–Trinajstić information content (AvgIpc) is 2.87. The van der Waals surface area contributed by atoms with Crippen molar-refractivity contribution in [3.63, 3.8) is 0 Å². The fourth-order valence-electron chi connectivity index (χ4n) is 2.40. The smallest absolute Gasteiger partial charge is 0.136 e. The number of benzene rings is 2. The summed E-state index contributed by atoms with van der Waals surface area (Å²) in [5.74, 6) is 0.937. The Balaban J connectivity index is 1.76. The molecule has 1 heterocycles. The second kappa shape index (κ2) is 6.37. The molecule has 2 aromatic carbocycles. The van der Waals surface area contributed by atoms with Gasteiger partial charge in [-0.15, -0.1) is 6.58 Å². The lowest BCUT2D eigenvalue weighted by Crippen LogP contribution is -2.04. The molecule has 0 fully saturated rings. The number of nitrogens with zero attached hydrogens (tertiary/aromatic N) is 2. The standard InChI is InChI=1S/C18H18N2O/c1-2-12-20-17-11-7-6-10-16(17)19-18(20)14-21-13-15-8-4-3-5-9-15/h2-11H,1,12-14H2. The minimum absolute atomic E-state index is 0.497. The first-order chi connectivity index (χ1) is 10.4. The molecule has 0 saturated heterocycles. The van der Waals surface area contributed by atoms with Crippen LogP contribution in [0.25, 0.3) is 11.0 Å². The van der Waals surface area contributed by atoms with Crippen molar-refractivity contribution in [2.24, 2.45) is 0 Å². The molecular weight excluding hydrogens is 260 g/mol. The first kappa shape index (κ1) is 13.6. The van der Waals surface area contributed by atoms with Crippen LogP contribution in [-0.4, -0.2) is 9.55 Å². The van der Waals surface area contributed by atoms with Crippen molar-refractivity contribution in [2.75, 3.05) is 0 Å². The zero-order valence-corrected chi connectivity index (χ0v) is 11.9. The molecule has 0 aliphatic rings. The highest BCUT2D eigenvalue weighted by Crippen LogP contribution is 2.17. The van der Waals surface area contributed by atoms with Gasteiger partial charge in [0.15, 0.2) is 0 Å². The monoisotopic (exact) mass is 278 g/mol. The summed E-state index contributed by atoms with van der Waals surface area (Å²) in [6.45, 7) is 5.66. The highest BCUT2D eigenvalue weighted by molar-refractivity contribution is 5.75. The number of para-hydroxylation sites is 2. The summed E-state index contributed by atoms with van der Waals surface area (Å²) in [5, 5.41) is 0. The third kappa shape index (κ3) is 3.03. The molecule has 0 aliphatic heterocycles. The molecule has 21 heavy (non-hydrogen) atoms. The molecule has 0 saturated carbocycles. The van der Waals surface area contributed by atoms with E-state index in [9.17, 15) is 0 Å². The van der Waals surface area contributed by atoms with E-state index < -0.39 is 0 Å². The minimum atomic E-state index is 0.497. The van der Waals surface area contributed by atoms with Gasteiger partial charge in [-0.2, -0.15) is 0 Å². The van der Waals surface area contributed by atoms with Crippen molar-refractivity contribution in [1.29, 1.82) is 0 Å². The van der Waals surface area contributed by atoms with E-state index >= 15 is 0 Å². The van der Waals surface area contributed by atoms with Gasteiger partial charge in [-0.05, 0) is 17.7 Å². The molecule has 0 aliphatic carbocycles. The van der Waals surface area contributed by atoms with E-state index in [1.807, 2.05) is 42.5 Å². The first-order valence-corrected chi connectivity index (χ1v) is 7.05. The van der Waals surface area contributed by atoms with Crippen molar-refractivity contribution in [1.82, 2.24) is 9.55 Å². The lowest BCUT2D eigenvalue weighted by molar-refractivity contribution is 0.0999. The molecule has 106 valence electrons. The number of allylic oxidation sites excluding steroid dienone is 1. The summed E-state index contributed by atoms with van der Waals surface area (Å²) < 4.78 is 7.95. The Morgan fingerprint density at radius 2 is 1.76 bits per heavy atom. The highest BCUT2D eigenvalue weighted by Gasteiger charge is 2.09. The van der Waals surface area contributed by atoms with Crippen LogP contribution in [0.4, 0.5) is 0 Å². The zero-order chi connectivity index (χ0) is 14.5. The maximum atomic E-state index is 5.80. The number of aromatic nitrogens is 2. The summed E-state index contributed by atoms with van der Waals surface area (Å²) in [4.78, 5) is 4.65. The van der Waals surface area contributed by atoms with Crippen LogP contribution in [0.1, 0.15) is 11.4 Å². The zero-order valence-electron chi connectivity index (χ0n) is 11.9. The quantitative estimate of drug-likeness (QED) is 0.639. The number of hydrogen-bond donors (Lipinski definition) is 0. The Morgan fingerprint density at radius 3 is 2.57 bits per heavy atom. The van der Waals surface area contributed by atoms with Crippen LogP contribution in [0.15, 0.2) is 67.3 Å². The van der Waals surface area contributed by atoms with Crippen LogP contribution in [0.5, 0.6) is 0 Å². The molecule has 0 radical (unpaired) electrons. The van der Waals surface area contributed by atoms with E-state index in [1.165, 1.54) is 5.56 Å². The summed E-state index contributed by atoms with van der Waals surface area (Å²) in [6, 6.07) is 18.3.